The summed E-state index contributed by atoms with van der Waals surface area (Å²) in [5, 5.41) is 0. The molecule has 0 N–H and O–H groups in total. The van der Waals surface area contributed by atoms with E-state index in [-0.39, 0.29) is 0 Å². The third-order valence-corrected chi connectivity index (χ3v) is 4.62. The van der Waals surface area contributed by atoms with Crippen molar-refractivity contribution in [2.24, 2.45) is 0 Å². The molecule has 1 aliphatic heterocycles. The van der Waals surface area contributed by atoms with Crippen LogP contribution in [0.15, 0.2) is 49.2 Å². The van der Waals surface area contributed by atoms with E-state index >= 15 is 0 Å². The molecule has 0 amide bonds. The van der Waals surface area contributed by atoms with Crippen molar-refractivity contribution in [3.05, 3.63) is 60.7 Å². The van der Waals surface area contributed by atoms with Crippen LogP contribution in [0.3, 0.4) is 0 Å². The van der Waals surface area contributed by atoms with Gasteiger partial charge in [0, 0.05) is 49.5 Å². The standard InChI is InChI=1S/C18H20N6/c1-14-20-9-12-24(14)17-4-2-3-16(22-17)15-5-10-23(11-6-15)18-13-19-7-8-21-18/h2-4,7-9,12-13,15H,5-6,10-11H2,1H3. The number of imidazole rings is 1. The predicted molar refractivity (Wildman–Crippen MR) is 92.3 cm³/mol. The molecule has 4 heterocycles. The molecule has 1 aliphatic rings. The van der Waals surface area contributed by atoms with Crippen LogP contribution in [0, 0.1) is 6.92 Å². The van der Waals surface area contributed by atoms with E-state index in [2.05, 4.69) is 32.0 Å². The van der Waals surface area contributed by atoms with Crippen molar-refractivity contribution < 1.29 is 0 Å². The van der Waals surface area contributed by atoms with E-state index in [0.717, 1.165) is 43.4 Å². The van der Waals surface area contributed by atoms with Gasteiger partial charge in [0.1, 0.15) is 17.5 Å². The normalized spacial score (nSPS) is 15.6. The summed E-state index contributed by atoms with van der Waals surface area (Å²) in [6.45, 7) is 3.96. The van der Waals surface area contributed by atoms with E-state index in [0.29, 0.717) is 5.92 Å². The molecule has 3 aromatic rings. The molecule has 4 rings (SSSR count). The molecule has 122 valence electrons. The van der Waals surface area contributed by atoms with Gasteiger partial charge >= 0.3 is 0 Å². The van der Waals surface area contributed by atoms with Gasteiger partial charge in [-0.15, -0.1) is 0 Å². The highest BCUT2D eigenvalue weighted by Crippen LogP contribution is 2.29. The van der Waals surface area contributed by atoms with Gasteiger partial charge < -0.3 is 4.90 Å². The molecule has 0 bridgehead atoms. The first kappa shape index (κ1) is 14.8. The molecule has 0 spiro atoms. The number of anilines is 1. The quantitative estimate of drug-likeness (QED) is 0.742. The van der Waals surface area contributed by atoms with E-state index in [9.17, 15) is 0 Å². The van der Waals surface area contributed by atoms with Crippen LogP contribution in [-0.4, -0.2) is 37.6 Å². The summed E-state index contributed by atoms with van der Waals surface area (Å²) in [5.41, 5.74) is 1.17. The topological polar surface area (TPSA) is 59.7 Å². The Morgan fingerprint density at radius 2 is 1.88 bits per heavy atom. The van der Waals surface area contributed by atoms with Crippen LogP contribution < -0.4 is 4.90 Å². The van der Waals surface area contributed by atoms with Crippen molar-refractivity contribution >= 4 is 5.82 Å². The van der Waals surface area contributed by atoms with Crippen LogP contribution >= 0.6 is 0 Å². The Morgan fingerprint density at radius 3 is 2.58 bits per heavy atom. The number of rotatable bonds is 3. The zero-order valence-electron chi connectivity index (χ0n) is 13.7. The fraction of sp³-hybridized carbons (Fsp3) is 0.333. The minimum atomic E-state index is 0.488. The van der Waals surface area contributed by atoms with Gasteiger partial charge in [-0.2, -0.15) is 0 Å². The summed E-state index contributed by atoms with van der Waals surface area (Å²) in [4.78, 5) is 20.0. The number of nitrogens with zero attached hydrogens (tertiary/aromatic N) is 6. The minimum absolute atomic E-state index is 0.488. The average Bonchev–Trinajstić information content (AvgIpc) is 3.09. The summed E-state index contributed by atoms with van der Waals surface area (Å²) in [5.74, 6) is 3.35. The third kappa shape index (κ3) is 2.87. The van der Waals surface area contributed by atoms with Gasteiger partial charge in [-0.1, -0.05) is 6.07 Å². The Bertz CT molecular complexity index is 805. The van der Waals surface area contributed by atoms with Gasteiger partial charge in [0.25, 0.3) is 0 Å². The zero-order valence-corrected chi connectivity index (χ0v) is 13.7. The van der Waals surface area contributed by atoms with E-state index in [4.69, 9.17) is 4.98 Å². The van der Waals surface area contributed by atoms with E-state index in [1.165, 1.54) is 5.69 Å². The smallest absolute Gasteiger partial charge is 0.147 e. The molecule has 0 saturated carbocycles. The lowest BCUT2D eigenvalue weighted by Gasteiger charge is -2.32. The molecule has 0 aliphatic carbocycles. The molecule has 1 fully saturated rings. The largest absolute Gasteiger partial charge is 0.355 e. The van der Waals surface area contributed by atoms with Gasteiger partial charge in [-0.25, -0.2) is 15.0 Å². The van der Waals surface area contributed by atoms with E-state index in [1.54, 1.807) is 12.4 Å². The van der Waals surface area contributed by atoms with Crippen LogP contribution in [-0.2, 0) is 0 Å². The molecule has 24 heavy (non-hydrogen) atoms. The maximum atomic E-state index is 4.87. The monoisotopic (exact) mass is 320 g/mol. The number of piperidine rings is 1. The maximum Gasteiger partial charge on any atom is 0.147 e. The molecular weight excluding hydrogens is 300 g/mol. The Labute approximate surface area is 141 Å². The molecule has 0 unspecified atom stereocenters. The Hall–Kier alpha value is -2.76. The summed E-state index contributed by atoms with van der Waals surface area (Å²) >= 11 is 0. The summed E-state index contributed by atoms with van der Waals surface area (Å²) in [7, 11) is 0. The van der Waals surface area contributed by atoms with Crippen molar-refractivity contribution in [3.8, 4) is 5.82 Å². The predicted octanol–water partition coefficient (Wildman–Crippen LogP) is 2.75. The highest BCUT2D eigenvalue weighted by molar-refractivity contribution is 5.36. The zero-order chi connectivity index (χ0) is 16.4. The molecular formula is C18H20N6. The van der Waals surface area contributed by atoms with Gasteiger partial charge in [0.15, 0.2) is 0 Å². The van der Waals surface area contributed by atoms with Gasteiger partial charge in [-0.3, -0.25) is 9.55 Å². The van der Waals surface area contributed by atoms with E-state index in [1.807, 2.05) is 36.1 Å². The molecule has 0 radical (unpaired) electrons. The maximum absolute atomic E-state index is 4.87. The number of aryl methyl sites for hydroxylation is 1. The molecule has 3 aromatic heterocycles. The van der Waals surface area contributed by atoms with Crippen molar-refractivity contribution in [3.63, 3.8) is 0 Å². The van der Waals surface area contributed by atoms with E-state index < -0.39 is 0 Å². The lowest BCUT2D eigenvalue weighted by atomic mass is 9.93. The van der Waals surface area contributed by atoms with Crippen molar-refractivity contribution in [2.45, 2.75) is 25.7 Å². The lowest BCUT2D eigenvalue weighted by Crippen LogP contribution is -2.33. The molecule has 6 heteroatoms. The van der Waals surface area contributed by atoms with Crippen molar-refractivity contribution in [1.82, 2.24) is 24.5 Å². The minimum Gasteiger partial charge on any atom is -0.355 e. The summed E-state index contributed by atoms with van der Waals surface area (Å²) in [6.07, 6.45) is 11.2. The van der Waals surface area contributed by atoms with Gasteiger partial charge in [0.2, 0.25) is 0 Å². The van der Waals surface area contributed by atoms with Gasteiger partial charge in [-0.05, 0) is 31.9 Å². The number of hydrogen-bond donors (Lipinski definition) is 0. The third-order valence-electron chi connectivity index (χ3n) is 4.62. The second-order valence-electron chi connectivity index (χ2n) is 6.09. The number of aromatic nitrogens is 5. The SMILES string of the molecule is Cc1nccn1-c1cccc(C2CCN(c3cnccn3)CC2)n1. The Balaban J connectivity index is 1.49. The highest BCUT2D eigenvalue weighted by Gasteiger charge is 2.22. The van der Waals surface area contributed by atoms with Crippen LogP contribution in [0.4, 0.5) is 5.82 Å². The second kappa shape index (κ2) is 6.39. The van der Waals surface area contributed by atoms with Crippen LogP contribution in [0.1, 0.15) is 30.3 Å². The van der Waals surface area contributed by atoms with Crippen LogP contribution in [0.2, 0.25) is 0 Å². The molecule has 6 nitrogen and oxygen atoms in total. The fourth-order valence-electron chi connectivity index (χ4n) is 3.28. The molecule has 0 atom stereocenters. The first-order valence-electron chi connectivity index (χ1n) is 8.29. The van der Waals surface area contributed by atoms with Gasteiger partial charge in [0.05, 0.1) is 6.20 Å². The second-order valence-corrected chi connectivity index (χ2v) is 6.09. The fourth-order valence-corrected chi connectivity index (χ4v) is 3.28. The van der Waals surface area contributed by atoms with Crippen LogP contribution in [0.5, 0.6) is 0 Å². The van der Waals surface area contributed by atoms with Crippen molar-refractivity contribution in [1.29, 1.82) is 0 Å². The summed E-state index contributed by atoms with van der Waals surface area (Å²) in [6, 6.07) is 6.26. The molecule has 0 aromatic carbocycles. The Morgan fingerprint density at radius 1 is 1.00 bits per heavy atom. The lowest BCUT2D eigenvalue weighted by molar-refractivity contribution is 0.493. The van der Waals surface area contributed by atoms with Crippen molar-refractivity contribution in [2.75, 3.05) is 18.0 Å². The number of pyridine rings is 1. The Kier molecular flexibility index (Phi) is 3.94. The van der Waals surface area contributed by atoms with Crippen LogP contribution in [0.25, 0.3) is 5.82 Å². The molecule has 1 saturated heterocycles. The first-order valence-corrected chi connectivity index (χ1v) is 8.29. The average molecular weight is 320 g/mol. The highest BCUT2D eigenvalue weighted by atomic mass is 15.2. The first-order chi connectivity index (χ1) is 11.8. The number of hydrogen-bond acceptors (Lipinski definition) is 5. The summed E-state index contributed by atoms with van der Waals surface area (Å²) < 4.78 is 2.03.